The maximum absolute atomic E-state index is 12.5. The van der Waals surface area contributed by atoms with Gasteiger partial charge in [-0.05, 0) is 30.9 Å². The van der Waals surface area contributed by atoms with Crippen molar-refractivity contribution in [2.45, 2.75) is 37.8 Å². The molecule has 0 saturated carbocycles. The first kappa shape index (κ1) is 20.8. The molecule has 0 spiro atoms. The zero-order valence-corrected chi connectivity index (χ0v) is 17.9. The summed E-state index contributed by atoms with van der Waals surface area (Å²) in [6, 6.07) is 7.53. The number of rotatable bonds is 5. The Kier molecular flexibility index (Phi) is 6.72. The van der Waals surface area contributed by atoms with Crippen molar-refractivity contribution in [1.29, 1.82) is 0 Å². The van der Waals surface area contributed by atoms with Crippen LogP contribution in [0.15, 0.2) is 28.7 Å². The number of nitrogens with zero attached hydrogens (tertiary/aromatic N) is 3. The van der Waals surface area contributed by atoms with Crippen LogP contribution in [-0.4, -0.2) is 78.4 Å². The summed E-state index contributed by atoms with van der Waals surface area (Å²) in [6.45, 7) is 1.90. The summed E-state index contributed by atoms with van der Waals surface area (Å²) in [6.07, 6.45) is 2.79. The molecule has 4 amide bonds. The van der Waals surface area contributed by atoms with E-state index in [2.05, 4.69) is 26.1 Å². The fourth-order valence-electron chi connectivity index (χ4n) is 3.87. The average Bonchev–Trinajstić information content (AvgIpc) is 2.69. The van der Waals surface area contributed by atoms with Gasteiger partial charge in [0.1, 0.15) is 6.04 Å². The Balaban J connectivity index is 1.45. The van der Waals surface area contributed by atoms with Gasteiger partial charge in [-0.3, -0.25) is 19.4 Å². The van der Waals surface area contributed by atoms with E-state index < -0.39 is 0 Å². The molecule has 7 nitrogen and oxygen atoms in total. The summed E-state index contributed by atoms with van der Waals surface area (Å²) in [7, 11) is 3.25. The fraction of sp³-hybridized carbons (Fsp3) is 0.550. The number of likely N-dealkylation sites (tertiary alicyclic amines) is 1. The Hall–Kier alpha value is -1.93. The Bertz CT molecular complexity index is 749. The number of piperidine rings is 1. The molecule has 0 aromatic heterocycles. The number of hydrogen-bond donors (Lipinski definition) is 1. The number of halogens is 1. The molecular weight excluding hydrogens is 424 g/mol. The molecule has 1 N–H and O–H groups in total. The first-order valence-corrected chi connectivity index (χ1v) is 10.5. The summed E-state index contributed by atoms with van der Waals surface area (Å²) in [5.41, 5.74) is 1.13. The summed E-state index contributed by atoms with van der Waals surface area (Å²) in [4.78, 5) is 41.6. The number of likely N-dealkylation sites (N-methyl/N-ethyl adjacent to an activating group) is 2. The number of carbonyl (C=O) groups is 3. The van der Waals surface area contributed by atoms with Crippen LogP contribution >= 0.6 is 15.9 Å². The topological polar surface area (TPSA) is 73.0 Å². The molecule has 1 aromatic carbocycles. The van der Waals surface area contributed by atoms with E-state index in [0.717, 1.165) is 36.0 Å². The molecule has 2 heterocycles. The minimum atomic E-state index is -0.292. The Morgan fingerprint density at radius 1 is 1.18 bits per heavy atom. The van der Waals surface area contributed by atoms with E-state index in [4.69, 9.17) is 0 Å². The Morgan fingerprint density at radius 2 is 1.86 bits per heavy atom. The monoisotopic (exact) mass is 450 g/mol. The molecule has 28 heavy (non-hydrogen) atoms. The van der Waals surface area contributed by atoms with Gasteiger partial charge < -0.3 is 10.2 Å². The number of benzene rings is 1. The third-order valence-corrected chi connectivity index (χ3v) is 6.36. The number of nitrogens with one attached hydrogen (secondary N) is 1. The van der Waals surface area contributed by atoms with Crippen molar-refractivity contribution in [2.75, 3.05) is 33.7 Å². The van der Waals surface area contributed by atoms with Crippen LogP contribution in [0.4, 0.5) is 4.79 Å². The van der Waals surface area contributed by atoms with E-state index in [1.54, 1.807) is 11.9 Å². The maximum atomic E-state index is 12.5. The Morgan fingerprint density at radius 3 is 2.54 bits per heavy atom. The second-order valence-electron chi connectivity index (χ2n) is 7.55. The van der Waals surface area contributed by atoms with Crippen molar-refractivity contribution in [3.63, 3.8) is 0 Å². The molecule has 0 bridgehead atoms. The van der Waals surface area contributed by atoms with Crippen molar-refractivity contribution in [3.05, 3.63) is 34.3 Å². The van der Waals surface area contributed by atoms with Gasteiger partial charge in [-0.25, -0.2) is 4.79 Å². The molecule has 0 aliphatic carbocycles. The molecule has 2 aliphatic rings. The normalized spacial score (nSPS) is 21.9. The molecule has 2 fully saturated rings. The third-order valence-electron chi connectivity index (χ3n) is 5.59. The van der Waals surface area contributed by atoms with Gasteiger partial charge in [-0.1, -0.05) is 34.1 Å². The molecule has 152 valence electrons. The lowest BCUT2D eigenvalue weighted by Crippen LogP contribution is -2.63. The lowest BCUT2D eigenvalue weighted by Gasteiger charge is -2.42. The molecule has 1 aromatic rings. The number of imide groups is 1. The highest BCUT2D eigenvalue weighted by Crippen LogP contribution is 2.20. The van der Waals surface area contributed by atoms with Crippen LogP contribution in [0.2, 0.25) is 0 Å². The predicted octanol–water partition coefficient (Wildman–Crippen LogP) is 1.85. The SMILES string of the molecule is CN1CC(N2CCC(NC(=O)CCc3ccccc3Br)CC2)C(=O)N(C)C1=O. The second kappa shape index (κ2) is 9.05. The first-order valence-electron chi connectivity index (χ1n) is 9.66. The number of hydrogen-bond acceptors (Lipinski definition) is 4. The van der Waals surface area contributed by atoms with Crippen LogP contribution in [0.5, 0.6) is 0 Å². The van der Waals surface area contributed by atoms with Gasteiger partial charge in [0.25, 0.3) is 0 Å². The van der Waals surface area contributed by atoms with Gasteiger partial charge in [0.2, 0.25) is 11.8 Å². The smallest absolute Gasteiger partial charge is 0.326 e. The van der Waals surface area contributed by atoms with E-state index in [0.29, 0.717) is 19.4 Å². The number of urea groups is 1. The van der Waals surface area contributed by atoms with Gasteiger partial charge in [0.05, 0.1) is 0 Å². The molecule has 1 unspecified atom stereocenters. The van der Waals surface area contributed by atoms with E-state index in [-0.39, 0.29) is 29.9 Å². The maximum Gasteiger partial charge on any atom is 0.326 e. The summed E-state index contributed by atoms with van der Waals surface area (Å²) in [5.74, 6) is -0.0768. The lowest BCUT2D eigenvalue weighted by molar-refractivity contribution is -0.137. The minimum Gasteiger partial charge on any atom is -0.353 e. The van der Waals surface area contributed by atoms with Crippen molar-refractivity contribution in [1.82, 2.24) is 20.0 Å². The van der Waals surface area contributed by atoms with Gasteiger partial charge in [-0.2, -0.15) is 0 Å². The quantitative estimate of drug-likeness (QED) is 0.742. The van der Waals surface area contributed by atoms with Crippen molar-refractivity contribution >= 4 is 33.8 Å². The van der Waals surface area contributed by atoms with Crippen LogP contribution in [0.25, 0.3) is 0 Å². The summed E-state index contributed by atoms with van der Waals surface area (Å²) < 4.78 is 1.03. The molecule has 0 radical (unpaired) electrons. The summed E-state index contributed by atoms with van der Waals surface area (Å²) in [5, 5.41) is 3.13. The van der Waals surface area contributed by atoms with Gasteiger partial charge in [0.15, 0.2) is 0 Å². The molecule has 2 aliphatic heterocycles. The van der Waals surface area contributed by atoms with Gasteiger partial charge in [-0.15, -0.1) is 0 Å². The van der Waals surface area contributed by atoms with E-state index in [1.807, 2.05) is 24.3 Å². The zero-order chi connectivity index (χ0) is 20.3. The molecule has 1 atom stereocenters. The largest absolute Gasteiger partial charge is 0.353 e. The van der Waals surface area contributed by atoms with Crippen LogP contribution in [-0.2, 0) is 16.0 Å². The van der Waals surface area contributed by atoms with Crippen LogP contribution in [0, 0.1) is 0 Å². The van der Waals surface area contributed by atoms with Crippen LogP contribution in [0.1, 0.15) is 24.8 Å². The van der Waals surface area contributed by atoms with Gasteiger partial charge in [0, 0.05) is 50.7 Å². The van der Waals surface area contributed by atoms with E-state index in [9.17, 15) is 14.4 Å². The van der Waals surface area contributed by atoms with Crippen molar-refractivity contribution in [2.24, 2.45) is 0 Å². The fourth-order valence-corrected chi connectivity index (χ4v) is 4.35. The number of aryl methyl sites for hydroxylation is 1. The highest BCUT2D eigenvalue weighted by molar-refractivity contribution is 9.10. The van der Waals surface area contributed by atoms with Gasteiger partial charge >= 0.3 is 6.03 Å². The average molecular weight is 451 g/mol. The van der Waals surface area contributed by atoms with Crippen LogP contribution in [0.3, 0.4) is 0 Å². The predicted molar refractivity (Wildman–Crippen MR) is 110 cm³/mol. The lowest BCUT2D eigenvalue weighted by atomic mass is 10.0. The van der Waals surface area contributed by atoms with Crippen LogP contribution < -0.4 is 5.32 Å². The highest BCUT2D eigenvalue weighted by atomic mass is 79.9. The number of amides is 4. The molecule has 8 heteroatoms. The first-order chi connectivity index (χ1) is 13.4. The second-order valence-corrected chi connectivity index (χ2v) is 8.40. The zero-order valence-electron chi connectivity index (χ0n) is 16.4. The molecular formula is C20H27BrN4O3. The minimum absolute atomic E-state index is 0.0630. The Labute approximate surface area is 174 Å². The van der Waals surface area contributed by atoms with Crippen molar-refractivity contribution < 1.29 is 14.4 Å². The molecule has 2 saturated heterocycles. The third kappa shape index (κ3) is 4.72. The summed E-state index contributed by atoms with van der Waals surface area (Å²) >= 11 is 3.51. The molecule has 3 rings (SSSR count). The van der Waals surface area contributed by atoms with Crippen molar-refractivity contribution in [3.8, 4) is 0 Å². The van der Waals surface area contributed by atoms with E-state index in [1.165, 1.54) is 11.9 Å². The standard InChI is InChI=1S/C20H27BrN4O3/c1-23-13-17(19(27)24(2)20(23)28)25-11-9-15(10-12-25)22-18(26)8-7-14-5-3-4-6-16(14)21/h3-6,15,17H,7-13H2,1-2H3,(H,22,26). The number of carbonyl (C=O) groups excluding carboxylic acids is 3. The highest BCUT2D eigenvalue weighted by Gasteiger charge is 2.39. The van der Waals surface area contributed by atoms with E-state index >= 15 is 0 Å².